The number of methoxy groups -OCH3 is 1. The Morgan fingerprint density at radius 1 is 1.37 bits per heavy atom. The molecule has 0 bridgehead atoms. The van der Waals surface area contributed by atoms with Crippen molar-refractivity contribution in [1.82, 2.24) is 15.0 Å². The molecule has 0 atom stereocenters. The summed E-state index contributed by atoms with van der Waals surface area (Å²) in [6.07, 6.45) is 4.55. The Morgan fingerprint density at radius 3 is 2.68 bits per heavy atom. The summed E-state index contributed by atoms with van der Waals surface area (Å²) in [6, 6.07) is 0.559. The van der Waals surface area contributed by atoms with Gasteiger partial charge in [-0.25, -0.2) is 5.84 Å². The van der Waals surface area contributed by atoms with Gasteiger partial charge in [0.1, 0.15) is 0 Å². The van der Waals surface area contributed by atoms with Crippen LogP contribution in [-0.2, 0) is 0 Å². The number of ether oxygens (including phenoxy) is 1. The lowest BCUT2D eigenvalue weighted by Crippen LogP contribution is -2.37. The number of nitrogens with zero attached hydrogens (tertiary/aromatic N) is 4. The van der Waals surface area contributed by atoms with Crippen LogP contribution in [0.2, 0.25) is 0 Å². The molecule has 1 fully saturated rings. The molecule has 0 aromatic carbocycles. The van der Waals surface area contributed by atoms with Crippen LogP contribution in [0.25, 0.3) is 0 Å². The summed E-state index contributed by atoms with van der Waals surface area (Å²) < 4.78 is 5.04. The third kappa shape index (κ3) is 3.21. The van der Waals surface area contributed by atoms with E-state index in [2.05, 4.69) is 20.4 Å². The number of hydrogen-bond donors (Lipinski definition) is 3. The highest BCUT2D eigenvalue weighted by Crippen LogP contribution is 2.27. The molecule has 106 valence electrons. The zero-order chi connectivity index (χ0) is 13.7. The molecule has 8 heteroatoms. The second-order valence-corrected chi connectivity index (χ2v) is 4.45. The van der Waals surface area contributed by atoms with Gasteiger partial charge in [-0.15, -0.1) is 0 Å². The molecule has 0 unspecified atom stereocenters. The van der Waals surface area contributed by atoms with E-state index in [4.69, 9.17) is 10.6 Å². The SMILES string of the molecule is COc1nc(NN)nc(N(CCO)C2CCCC2)n1. The summed E-state index contributed by atoms with van der Waals surface area (Å²) in [6.45, 7) is 0.539. The lowest BCUT2D eigenvalue weighted by Gasteiger charge is -2.28. The minimum absolute atomic E-state index is 0.0515. The summed E-state index contributed by atoms with van der Waals surface area (Å²) in [5.74, 6) is 6.08. The van der Waals surface area contributed by atoms with Crippen molar-refractivity contribution in [2.24, 2.45) is 5.84 Å². The molecule has 2 rings (SSSR count). The van der Waals surface area contributed by atoms with E-state index >= 15 is 0 Å². The number of hydrazine groups is 1. The molecule has 1 aromatic heterocycles. The number of nitrogens with one attached hydrogen (secondary N) is 1. The number of hydrogen-bond acceptors (Lipinski definition) is 8. The van der Waals surface area contributed by atoms with Crippen LogP contribution < -0.4 is 20.9 Å². The van der Waals surface area contributed by atoms with Crippen LogP contribution in [0, 0.1) is 0 Å². The number of aromatic nitrogens is 3. The molecule has 19 heavy (non-hydrogen) atoms. The molecule has 4 N–H and O–H groups in total. The maximum Gasteiger partial charge on any atom is 0.322 e. The predicted molar refractivity (Wildman–Crippen MR) is 70.9 cm³/mol. The van der Waals surface area contributed by atoms with Crippen LogP contribution in [0.1, 0.15) is 25.7 Å². The van der Waals surface area contributed by atoms with Gasteiger partial charge in [0.2, 0.25) is 11.9 Å². The van der Waals surface area contributed by atoms with Gasteiger partial charge in [-0.2, -0.15) is 15.0 Å². The van der Waals surface area contributed by atoms with E-state index in [-0.39, 0.29) is 18.6 Å². The maximum atomic E-state index is 9.23. The molecular weight excluding hydrogens is 248 g/mol. The maximum absolute atomic E-state index is 9.23. The second kappa shape index (κ2) is 6.48. The highest BCUT2D eigenvalue weighted by molar-refractivity contribution is 5.39. The van der Waals surface area contributed by atoms with Gasteiger partial charge in [-0.05, 0) is 12.8 Å². The van der Waals surface area contributed by atoms with Crippen molar-refractivity contribution < 1.29 is 9.84 Å². The zero-order valence-electron chi connectivity index (χ0n) is 11.0. The molecule has 0 amide bonds. The standard InChI is InChI=1S/C11H20N6O2/c1-19-11-14-9(16-12)13-10(15-11)17(6-7-18)8-4-2-3-5-8/h8,18H,2-7,12H2,1H3,(H,13,14,15,16). The minimum atomic E-state index is 0.0515. The lowest BCUT2D eigenvalue weighted by molar-refractivity contribution is 0.295. The van der Waals surface area contributed by atoms with Gasteiger partial charge in [0.15, 0.2) is 0 Å². The van der Waals surface area contributed by atoms with E-state index in [0.717, 1.165) is 12.8 Å². The van der Waals surface area contributed by atoms with Crippen molar-refractivity contribution in [3.05, 3.63) is 0 Å². The Bertz CT molecular complexity index is 388. The molecule has 8 nitrogen and oxygen atoms in total. The van der Waals surface area contributed by atoms with Crippen LogP contribution in [-0.4, -0.2) is 46.4 Å². The largest absolute Gasteiger partial charge is 0.467 e. The van der Waals surface area contributed by atoms with Gasteiger partial charge in [-0.1, -0.05) is 12.8 Å². The number of nitrogens with two attached hydrogens (primary N) is 1. The molecule has 1 saturated carbocycles. The topological polar surface area (TPSA) is 109 Å². The first-order valence-corrected chi connectivity index (χ1v) is 6.42. The van der Waals surface area contributed by atoms with Crippen molar-refractivity contribution in [3.8, 4) is 6.01 Å². The van der Waals surface area contributed by atoms with E-state index in [9.17, 15) is 5.11 Å². The fourth-order valence-electron chi connectivity index (χ4n) is 2.40. The van der Waals surface area contributed by atoms with Gasteiger partial charge in [-0.3, -0.25) is 5.43 Å². The highest BCUT2D eigenvalue weighted by Gasteiger charge is 2.25. The molecule has 1 aliphatic rings. The normalized spacial score (nSPS) is 15.5. The minimum Gasteiger partial charge on any atom is -0.467 e. The Balaban J connectivity index is 2.28. The van der Waals surface area contributed by atoms with E-state index in [1.54, 1.807) is 0 Å². The van der Waals surface area contributed by atoms with Crippen LogP contribution >= 0.6 is 0 Å². The summed E-state index contributed by atoms with van der Waals surface area (Å²) in [4.78, 5) is 14.4. The molecule has 0 spiro atoms. The highest BCUT2D eigenvalue weighted by atomic mass is 16.5. The van der Waals surface area contributed by atoms with Gasteiger partial charge < -0.3 is 14.7 Å². The quantitative estimate of drug-likeness (QED) is 0.485. The van der Waals surface area contributed by atoms with Crippen LogP contribution in [0.4, 0.5) is 11.9 Å². The molecule has 1 aromatic rings. The molecule has 1 heterocycles. The van der Waals surface area contributed by atoms with Crippen LogP contribution in [0.3, 0.4) is 0 Å². The molecular formula is C11H20N6O2. The van der Waals surface area contributed by atoms with Gasteiger partial charge >= 0.3 is 6.01 Å². The number of anilines is 2. The zero-order valence-corrected chi connectivity index (χ0v) is 11.0. The monoisotopic (exact) mass is 268 g/mol. The van der Waals surface area contributed by atoms with Crippen molar-refractivity contribution in [2.75, 3.05) is 30.6 Å². The van der Waals surface area contributed by atoms with E-state index in [1.165, 1.54) is 20.0 Å². The van der Waals surface area contributed by atoms with E-state index in [1.807, 2.05) is 4.90 Å². The number of aliphatic hydroxyl groups is 1. The van der Waals surface area contributed by atoms with Crippen molar-refractivity contribution in [2.45, 2.75) is 31.7 Å². The summed E-state index contributed by atoms with van der Waals surface area (Å²) >= 11 is 0. The van der Waals surface area contributed by atoms with Crippen LogP contribution in [0.5, 0.6) is 6.01 Å². The third-order valence-corrected chi connectivity index (χ3v) is 3.28. The Labute approximate surface area is 112 Å². The first-order chi connectivity index (χ1) is 9.28. The fourth-order valence-corrected chi connectivity index (χ4v) is 2.40. The van der Waals surface area contributed by atoms with Gasteiger partial charge in [0.05, 0.1) is 13.7 Å². The fraction of sp³-hybridized carbons (Fsp3) is 0.727. The lowest BCUT2D eigenvalue weighted by atomic mass is 10.2. The van der Waals surface area contributed by atoms with E-state index in [0.29, 0.717) is 18.5 Å². The van der Waals surface area contributed by atoms with Crippen molar-refractivity contribution >= 4 is 11.9 Å². The second-order valence-electron chi connectivity index (χ2n) is 4.45. The molecule has 0 radical (unpaired) electrons. The first-order valence-electron chi connectivity index (χ1n) is 6.42. The molecule has 0 saturated heterocycles. The summed E-state index contributed by atoms with van der Waals surface area (Å²) in [5.41, 5.74) is 2.40. The molecule has 1 aliphatic carbocycles. The summed E-state index contributed by atoms with van der Waals surface area (Å²) in [7, 11) is 1.49. The van der Waals surface area contributed by atoms with Crippen LogP contribution in [0.15, 0.2) is 0 Å². The average molecular weight is 268 g/mol. The predicted octanol–water partition coefficient (Wildman–Crippen LogP) is -0.0929. The number of nitrogen functional groups attached to an aromatic ring is 1. The average Bonchev–Trinajstić information content (AvgIpc) is 2.97. The molecule has 0 aliphatic heterocycles. The Kier molecular flexibility index (Phi) is 4.69. The Morgan fingerprint density at radius 2 is 2.11 bits per heavy atom. The first kappa shape index (κ1) is 13.8. The number of rotatable bonds is 6. The third-order valence-electron chi connectivity index (χ3n) is 3.28. The summed E-state index contributed by atoms with van der Waals surface area (Å²) in [5, 5.41) is 9.23. The Hall–Kier alpha value is -1.67. The number of aliphatic hydroxyl groups excluding tert-OH is 1. The van der Waals surface area contributed by atoms with Gasteiger partial charge in [0, 0.05) is 12.6 Å². The smallest absolute Gasteiger partial charge is 0.322 e. The van der Waals surface area contributed by atoms with Crippen molar-refractivity contribution in [3.63, 3.8) is 0 Å². The van der Waals surface area contributed by atoms with E-state index < -0.39 is 0 Å². The van der Waals surface area contributed by atoms with Gasteiger partial charge in [0.25, 0.3) is 0 Å². The van der Waals surface area contributed by atoms with Crippen molar-refractivity contribution in [1.29, 1.82) is 0 Å².